The van der Waals surface area contributed by atoms with Gasteiger partial charge in [0.05, 0.1) is 34.3 Å². The van der Waals surface area contributed by atoms with Crippen LogP contribution in [-0.2, 0) is 23.1 Å². The molecule has 2 aromatic carbocycles. The molecule has 0 aliphatic rings. The minimum atomic E-state index is -4.02. The molecule has 0 saturated heterocycles. The van der Waals surface area contributed by atoms with Crippen molar-refractivity contribution in [1.29, 1.82) is 5.26 Å². The summed E-state index contributed by atoms with van der Waals surface area (Å²) in [6.45, 7) is -0.277. The fourth-order valence-corrected chi connectivity index (χ4v) is 4.18. The van der Waals surface area contributed by atoms with Gasteiger partial charge < -0.3 is 5.11 Å². The standard InChI is InChI=1S/C21H16FN3O4S/c22-20-11-16(6-9-19(20)21(26)27)13-25(14-17-3-1-2-10-24-17)30(28,29)18-7-4-15(12-23)5-8-18/h1-11H,13-14H2,(H,26,27). The van der Waals surface area contributed by atoms with E-state index in [4.69, 9.17) is 10.4 Å². The Morgan fingerprint density at radius 1 is 1.10 bits per heavy atom. The molecule has 0 fully saturated rings. The summed E-state index contributed by atoms with van der Waals surface area (Å²) in [6.07, 6.45) is 1.53. The second-order valence-electron chi connectivity index (χ2n) is 6.35. The molecule has 3 rings (SSSR count). The van der Waals surface area contributed by atoms with Gasteiger partial charge in [0, 0.05) is 12.7 Å². The molecule has 0 amide bonds. The van der Waals surface area contributed by atoms with Gasteiger partial charge >= 0.3 is 5.97 Å². The van der Waals surface area contributed by atoms with Gasteiger partial charge in [-0.1, -0.05) is 12.1 Å². The number of carboxylic acid groups (broad SMARTS) is 1. The second-order valence-corrected chi connectivity index (χ2v) is 8.29. The van der Waals surface area contributed by atoms with Crippen LogP contribution in [0.25, 0.3) is 0 Å². The number of nitriles is 1. The molecule has 7 nitrogen and oxygen atoms in total. The van der Waals surface area contributed by atoms with Crippen LogP contribution in [0.15, 0.2) is 71.8 Å². The van der Waals surface area contributed by atoms with Gasteiger partial charge in [-0.15, -0.1) is 0 Å². The summed E-state index contributed by atoms with van der Waals surface area (Å²) in [4.78, 5) is 15.1. The zero-order valence-corrected chi connectivity index (χ0v) is 16.4. The highest BCUT2D eigenvalue weighted by Gasteiger charge is 2.26. The lowest BCUT2D eigenvalue weighted by Gasteiger charge is -2.22. The average Bonchev–Trinajstić information content (AvgIpc) is 2.74. The number of carbonyl (C=O) groups is 1. The molecule has 0 unspecified atom stereocenters. The largest absolute Gasteiger partial charge is 0.478 e. The molecule has 152 valence electrons. The first-order valence-electron chi connectivity index (χ1n) is 8.73. The summed E-state index contributed by atoms with van der Waals surface area (Å²) < 4.78 is 41.7. The van der Waals surface area contributed by atoms with E-state index in [1.165, 1.54) is 36.5 Å². The number of benzene rings is 2. The number of rotatable bonds is 7. The van der Waals surface area contributed by atoms with Gasteiger partial charge in [-0.25, -0.2) is 17.6 Å². The maximum Gasteiger partial charge on any atom is 0.338 e. The molecule has 30 heavy (non-hydrogen) atoms. The Balaban J connectivity index is 1.98. The lowest BCUT2D eigenvalue weighted by atomic mass is 10.1. The van der Waals surface area contributed by atoms with Crippen LogP contribution < -0.4 is 0 Å². The highest BCUT2D eigenvalue weighted by molar-refractivity contribution is 7.89. The normalized spacial score (nSPS) is 11.2. The maximum atomic E-state index is 14.1. The summed E-state index contributed by atoms with van der Waals surface area (Å²) in [5.74, 6) is -2.36. The number of nitrogens with zero attached hydrogens (tertiary/aromatic N) is 3. The highest BCUT2D eigenvalue weighted by atomic mass is 32.2. The smallest absolute Gasteiger partial charge is 0.338 e. The number of pyridine rings is 1. The third-order valence-electron chi connectivity index (χ3n) is 4.31. The van der Waals surface area contributed by atoms with E-state index in [0.29, 0.717) is 11.3 Å². The zero-order valence-electron chi connectivity index (χ0n) is 15.6. The molecule has 9 heteroatoms. The summed E-state index contributed by atoms with van der Waals surface area (Å²) in [5, 5.41) is 17.9. The lowest BCUT2D eigenvalue weighted by Crippen LogP contribution is -2.30. The number of carboxylic acids is 1. The molecular formula is C21H16FN3O4S. The number of hydrogen-bond acceptors (Lipinski definition) is 5. The topological polar surface area (TPSA) is 111 Å². The van der Waals surface area contributed by atoms with Gasteiger partial charge in [-0.2, -0.15) is 9.57 Å². The molecule has 1 aromatic heterocycles. The Kier molecular flexibility index (Phi) is 6.20. The van der Waals surface area contributed by atoms with Crippen molar-refractivity contribution in [2.75, 3.05) is 0 Å². The zero-order chi connectivity index (χ0) is 21.7. The predicted molar refractivity (Wildman–Crippen MR) is 105 cm³/mol. The Hall–Kier alpha value is -3.61. The Morgan fingerprint density at radius 3 is 2.40 bits per heavy atom. The Labute approximate surface area is 172 Å². The van der Waals surface area contributed by atoms with Crippen molar-refractivity contribution in [3.05, 3.63) is 95.1 Å². The summed E-state index contributed by atoms with van der Waals surface area (Å²) in [6, 6.07) is 15.9. The van der Waals surface area contributed by atoms with Gasteiger partial charge in [0.2, 0.25) is 10.0 Å². The van der Waals surface area contributed by atoms with E-state index in [1.807, 2.05) is 6.07 Å². The van der Waals surface area contributed by atoms with Gasteiger partial charge in [-0.05, 0) is 54.1 Å². The number of sulfonamides is 1. The van der Waals surface area contributed by atoms with E-state index < -0.39 is 27.4 Å². The van der Waals surface area contributed by atoms with Gasteiger partial charge in [-0.3, -0.25) is 4.98 Å². The van der Waals surface area contributed by atoms with Crippen molar-refractivity contribution in [2.24, 2.45) is 0 Å². The van der Waals surface area contributed by atoms with Crippen molar-refractivity contribution >= 4 is 16.0 Å². The molecule has 0 radical (unpaired) electrons. The number of hydrogen-bond donors (Lipinski definition) is 1. The first kappa shape index (κ1) is 21.1. The molecule has 0 aliphatic heterocycles. The number of aromatic carboxylic acids is 1. The van der Waals surface area contributed by atoms with Crippen molar-refractivity contribution in [2.45, 2.75) is 18.0 Å². The quantitative estimate of drug-likeness (QED) is 0.622. The molecule has 0 saturated carbocycles. The number of halogens is 1. The molecule has 3 aromatic rings. The fraction of sp³-hybridized carbons (Fsp3) is 0.0952. The van der Waals surface area contributed by atoms with Gasteiger partial charge in [0.15, 0.2) is 0 Å². The van der Waals surface area contributed by atoms with E-state index in [1.54, 1.807) is 18.2 Å². The molecule has 1 N–H and O–H groups in total. The van der Waals surface area contributed by atoms with Crippen LogP contribution in [0, 0.1) is 17.1 Å². The van der Waals surface area contributed by atoms with Crippen LogP contribution in [0.1, 0.15) is 27.2 Å². The highest BCUT2D eigenvalue weighted by Crippen LogP contribution is 2.22. The van der Waals surface area contributed by atoms with Crippen LogP contribution in [0.5, 0.6) is 0 Å². The molecule has 0 spiro atoms. The van der Waals surface area contributed by atoms with Crippen molar-refractivity contribution in [1.82, 2.24) is 9.29 Å². The first-order valence-corrected chi connectivity index (χ1v) is 10.2. The van der Waals surface area contributed by atoms with E-state index in [0.717, 1.165) is 16.4 Å². The van der Waals surface area contributed by atoms with E-state index in [-0.39, 0.29) is 23.5 Å². The van der Waals surface area contributed by atoms with E-state index >= 15 is 0 Å². The molecule has 0 aliphatic carbocycles. The van der Waals surface area contributed by atoms with Crippen LogP contribution in [0.2, 0.25) is 0 Å². The fourth-order valence-electron chi connectivity index (χ4n) is 2.78. The lowest BCUT2D eigenvalue weighted by molar-refractivity contribution is 0.0692. The van der Waals surface area contributed by atoms with Crippen molar-refractivity contribution < 1.29 is 22.7 Å². The van der Waals surface area contributed by atoms with Gasteiger partial charge in [0.1, 0.15) is 5.82 Å². The predicted octanol–water partition coefficient (Wildman–Crippen LogP) is 3.18. The monoisotopic (exact) mass is 425 g/mol. The third kappa shape index (κ3) is 4.68. The van der Waals surface area contributed by atoms with Crippen LogP contribution in [0.4, 0.5) is 4.39 Å². The Bertz CT molecular complexity index is 1210. The minimum Gasteiger partial charge on any atom is -0.478 e. The summed E-state index contributed by atoms with van der Waals surface area (Å²) >= 11 is 0. The molecule has 1 heterocycles. The number of aromatic nitrogens is 1. The second kappa shape index (κ2) is 8.82. The molecule has 0 bridgehead atoms. The molecule has 0 atom stereocenters. The van der Waals surface area contributed by atoms with Crippen molar-refractivity contribution in [3.63, 3.8) is 0 Å². The Morgan fingerprint density at radius 2 is 1.83 bits per heavy atom. The van der Waals surface area contributed by atoms with Crippen LogP contribution in [-0.4, -0.2) is 28.8 Å². The third-order valence-corrected chi connectivity index (χ3v) is 6.11. The minimum absolute atomic E-state index is 0.0277. The molecular weight excluding hydrogens is 409 g/mol. The van der Waals surface area contributed by atoms with Gasteiger partial charge in [0.25, 0.3) is 0 Å². The van der Waals surface area contributed by atoms with E-state index in [2.05, 4.69) is 4.98 Å². The van der Waals surface area contributed by atoms with Crippen molar-refractivity contribution in [3.8, 4) is 6.07 Å². The maximum absolute atomic E-state index is 14.1. The summed E-state index contributed by atoms with van der Waals surface area (Å²) in [7, 11) is -4.02. The average molecular weight is 425 g/mol. The van der Waals surface area contributed by atoms with Crippen LogP contribution >= 0.6 is 0 Å². The summed E-state index contributed by atoms with van der Waals surface area (Å²) in [5.41, 5.74) is 0.588. The van der Waals surface area contributed by atoms with Crippen LogP contribution in [0.3, 0.4) is 0 Å². The SMILES string of the molecule is N#Cc1ccc(S(=O)(=O)N(Cc2ccc(C(=O)O)c(F)c2)Cc2ccccn2)cc1. The first-order chi connectivity index (χ1) is 14.3. The van der Waals surface area contributed by atoms with E-state index in [9.17, 15) is 17.6 Å².